The van der Waals surface area contributed by atoms with Crippen molar-refractivity contribution in [3.63, 3.8) is 0 Å². The second kappa shape index (κ2) is 5.68. The van der Waals surface area contributed by atoms with E-state index in [0.717, 1.165) is 0 Å². The fraction of sp³-hybridized carbons (Fsp3) is 0.417. The van der Waals surface area contributed by atoms with Crippen LogP contribution >= 0.6 is 0 Å². The largest absolute Gasteiger partial charge is 0.489 e. The third kappa shape index (κ3) is 4.21. The minimum absolute atomic E-state index is 0.0363. The van der Waals surface area contributed by atoms with E-state index in [1.165, 1.54) is 18.2 Å². The quantitative estimate of drug-likeness (QED) is 0.838. The molecule has 0 aliphatic heterocycles. The molecule has 1 amide bonds. The smallest absolute Gasteiger partial charge is 0.405 e. The van der Waals surface area contributed by atoms with Gasteiger partial charge < -0.3 is 20.3 Å². The summed E-state index contributed by atoms with van der Waals surface area (Å²) < 4.78 is 23.2. The van der Waals surface area contributed by atoms with E-state index in [4.69, 9.17) is 20.3 Å². The summed E-state index contributed by atoms with van der Waals surface area (Å²) in [4.78, 5) is 10.6. The van der Waals surface area contributed by atoms with Crippen LogP contribution in [0.1, 0.15) is 19.4 Å². The Kier molecular flexibility index (Phi) is 4.49. The number of halogens is 1. The summed E-state index contributed by atoms with van der Waals surface area (Å²) in [6.45, 7) is 2.94. The molecule has 0 fully saturated rings. The molecule has 0 bridgehead atoms. The first-order valence-electron chi connectivity index (χ1n) is 5.34. The SMILES string of the molecule is CC(C)(COc1ccc(F)cc1CO)OC(N)=O. The van der Waals surface area contributed by atoms with Gasteiger partial charge in [0.2, 0.25) is 0 Å². The number of hydrogen-bond acceptors (Lipinski definition) is 4. The Balaban J connectivity index is 2.71. The molecule has 0 aromatic heterocycles. The number of aliphatic hydroxyl groups excluding tert-OH is 1. The van der Waals surface area contributed by atoms with E-state index in [2.05, 4.69) is 0 Å². The van der Waals surface area contributed by atoms with Crippen LogP contribution in [0.4, 0.5) is 9.18 Å². The van der Waals surface area contributed by atoms with Gasteiger partial charge in [0, 0.05) is 5.56 Å². The standard InChI is InChI=1S/C12H16FNO4/c1-12(2,18-11(14)16)7-17-10-4-3-9(13)5-8(10)6-15/h3-5,15H,6-7H2,1-2H3,(H2,14,16). The minimum atomic E-state index is -0.910. The van der Waals surface area contributed by atoms with Crippen LogP contribution in [0.2, 0.25) is 0 Å². The van der Waals surface area contributed by atoms with Gasteiger partial charge in [-0.2, -0.15) is 0 Å². The first kappa shape index (κ1) is 14.2. The van der Waals surface area contributed by atoms with E-state index in [9.17, 15) is 9.18 Å². The second-order valence-electron chi connectivity index (χ2n) is 4.38. The first-order chi connectivity index (χ1) is 8.34. The van der Waals surface area contributed by atoms with Gasteiger partial charge >= 0.3 is 6.09 Å². The predicted molar refractivity (Wildman–Crippen MR) is 62.6 cm³/mol. The van der Waals surface area contributed by atoms with Gasteiger partial charge in [-0.25, -0.2) is 9.18 Å². The lowest BCUT2D eigenvalue weighted by atomic mass is 10.1. The highest BCUT2D eigenvalue weighted by molar-refractivity contribution is 5.65. The van der Waals surface area contributed by atoms with Crippen molar-refractivity contribution < 1.29 is 23.8 Å². The highest BCUT2D eigenvalue weighted by atomic mass is 19.1. The lowest BCUT2D eigenvalue weighted by molar-refractivity contribution is 0.00872. The van der Waals surface area contributed by atoms with Crippen molar-refractivity contribution in [1.82, 2.24) is 0 Å². The number of rotatable bonds is 5. The maximum Gasteiger partial charge on any atom is 0.405 e. The average molecular weight is 257 g/mol. The van der Waals surface area contributed by atoms with Crippen LogP contribution in [0.5, 0.6) is 5.75 Å². The highest BCUT2D eigenvalue weighted by Crippen LogP contribution is 2.21. The Bertz CT molecular complexity index is 434. The molecule has 0 aliphatic rings. The molecular formula is C12H16FNO4. The molecule has 5 nitrogen and oxygen atoms in total. The van der Waals surface area contributed by atoms with Gasteiger partial charge in [-0.3, -0.25) is 0 Å². The minimum Gasteiger partial charge on any atom is -0.489 e. The molecule has 0 unspecified atom stereocenters. The van der Waals surface area contributed by atoms with Crippen LogP contribution in [0, 0.1) is 5.82 Å². The number of nitrogens with two attached hydrogens (primary N) is 1. The van der Waals surface area contributed by atoms with Crippen LogP contribution in [0.15, 0.2) is 18.2 Å². The monoisotopic (exact) mass is 257 g/mol. The van der Waals surface area contributed by atoms with E-state index in [1.807, 2.05) is 0 Å². The van der Waals surface area contributed by atoms with Crippen molar-refractivity contribution in [3.8, 4) is 5.75 Å². The van der Waals surface area contributed by atoms with Crippen LogP contribution in [0.3, 0.4) is 0 Å². The molecule has 1 rings (SSSR count). The van der Waals surface area contributed by atoms with Crippen LogP contribution < -0.4 is 10.5 Å². The van der Waals surface area contributed by atoms with Gasteiger partial charge in [0.05, 0.1) is 6.61 Å². The predicted octanol–water partition coefficient (Wildman–Crippen LogP) is 1.57. The van der Waals surface area contributed by atoms with Gasteiger partial charge in [-0.05, 0) is 32.0 Å². The lowest BCUT2D eigenvalue weighted by Gasteiger charge is -2.24. The number of carbonyl (C=O) groups is 1. The number of primary amides is 1. The normalized spacial score (nSPS) is 11.1. The number of aliphatic hydroxyl groups is 1. The third-order valence-electron chi connectivity index (χ3n) is 2.15. The summed E-state index contributed by atoms with van der Waals surface area (Å²) in [6.07, 6.45) is -0.898. The van der Waals surface area contributed by atoms with Crippen molar-refractivity contribution in [1.29, 1.82) is 0 Å². The maximum absolute atomic E-state index is 12.9. The summed E-state index contributed by atoms with van der Waals surface area (Å²) in [5.74, 6) is -0.126. The molecule has 0 atom stereocenters. The first-order valence-corrected chi connectivity index (χ1v) is 5.34. The maximum atomic E-state index is 12.9. The Morgan fingerprint density at radius 2 is 2.17 bits per heavy atom. The van der Waals surface area contributed by atoms with Gasteiger partial charge in [0.25, 0.3) is 0 Å². The number of amides is 1. The van der Waals surface area contributed by atoms with Crippen molar-refractivity contribution >= 4 is 6.09 Å². The van der Waals surface area contributed by atoms with E-state index in [0.29, 0.717) is 11.3 Å². The third-order valence-corrected chi connectivity index (χ3v) is 2.15. The van der Waals surface area contributed by atoms with E-state index < -0.39 is 17.5 Å². The highest BCUT2D eigenvalue weighted by Gasteiger charge is 2.23. The fourth-order valence-electron chi connectivity index (χ4n) is 1.37. The molecule has 0 radical (unpaired) electrons. The molecule has 1 aromatic rings. The van der Waals surface area contributed by atoms with Crippen molar-refractivity contribution in [3.05, 3.63) is 29.6 Å². The van der Waals surface area contributed by atoms with Gasteiger partial charge in [-0.1, -0.05) is 0 Å². The molecule has 0 saturated carbocycles. The zero-order valence-corrected chi connectivity index (χ0v) is 10.3. The average Bonchev–Trinajstić information content (AvgIpc) is 2.25. The second-order valence-corrected chi connectivity index (χ2v) is 4.38. The topological polar surface area (TPSA) is 81.8 Å². The molecule has 3 N–H and O–H groups in total. The molecule has 6 heteroatoms. The molecule has 100 valence electrons. The number of hydrogen-bond donors (Lipinski definition) is 2. The van der Waals surface area contributed by atoms with Crippen molar-refractivity contribution in [2.75, 3.05) is 6.61 Å². The van der Waals surface area contributed by atoms with E-state index in [1.54, 1.807) is 13.8 Å². The Morgan fingerprint density at radius 3 is 2.72 bits per heavy atom. The molecule has 0 aliphatic carbocycles. The summed E-state index contributed by atoms with van der Waals surface area (Å²) in [5, 5.41) is 9.07. The number of ether oxygens (including phenoxy) is 2. The lowest BCUT2D eigenvalue weighted by Crippen LogP contribution is -2.36. The van der Waals surface area contributed by atoms with E-state index in [-0.39, 0.29) is 13.2 Å². The number of carbonyl (C=O) groups excluding carboxylic acids is 1. The Morgan fingerprint density at radius 1 is 1.50 bits per heavy atom. The van der Waals surface area contributed by atoms with Crippen LogP contribution in [-0.2, 0) is 11.3 Å². The molecule has 0 spiro atoms. The van der Waals surface area contributed by atoms with E-state index >= 15 is 0 Å². The molecule has 18 heavy (non-hydrogen) atoms. The molecular weight excluding hydrogens is 241 g/mol. The number of benzene rings is 1. The van der Waals surface area contributed by atoms with Crippen molar-refractivity contribution in [2.24, 2.45) is 5.73 Å². The van der Waals surface area contributed by atoms with Crippen LogP contribution in [0.25, 0.3) is 0 Å². The van der Waals surface area contributed by atoms with Gasteiger partial charge in [0.1, 0.15) is 23.8 Å². The Hall–Kier alpha value is -1.82. The zero-order chi connectivity index (χ0) is 13.8. The van der Waals surface area contributed by atoms with Gasteiger partial charge in [-0.15, -0.1) is 0 Å². The van der Waals surface area contributed by atoms with Gasteiger partial charge in [0.15, 0.2) is 0 Å². The Labute approximate surface area is 104 Å². The fourth-order valence-corrected chi connectivity index (χ4v) is 1.37. The molecule has 0 heterocycles. The summed E-state index contributed by atoms with van der Waals surface area (Å²) in [7, 11) is 0. The molecule has 1 aromatic carbocycles. The van der Waals surface area contributed by atoms with Crippen molar-refractivity contribution in [2.45, 2.75) is 26.1 Å². The summed E-state index contributed by atoms with van der Waals surface area (Å²) in [5.41, 5.74) is 4.33. The zero-order valence-electron chi connectivity index (χ0n) is 10.3. The summed E-state index contributed by atoms with van der Waals surface area (Å²) in [6, 6.07) is 3.80. The summed E-state index contributed by atoms with van der Waals surface area (Å²) >= 11 is 0. The molecule has 0 saturated heterocycles. The van der Waals surface area contributed by atoms with Crippen LogP contribution in [-0.4, -0.2) is 23.4 Å².